The molecule has 0 aliphatic carbocycles. The van der Waals surface area contributed by atoms with E-state index in [9.17, 15) is 4.79 Å². The highest BCUT2D eigenvalue weighted by Gasteiger charge is 2.25. The Morgan fingerprint density at radius 1 is 1.00 bits per heavy atom. The Labute approximate surface area is 118 Å². The second kappa shape index (κ2) is 6.23. The summed E-state index contributed by atoms with van der Waals surface area (Å²) in [7, 11) is 0. The van der Waals surface area contributed by atoms with Gasteiger partial charge in [0.2, 0.25) is 5.91 Å². The number of nitrogens with zero attached hydrogens (tertiary/aromatic N) is 2. The van der Waals surface area contributed by atoms with Crippen molar-refractivity contribution in [2.24, 2.45) is 0 Å². The van der Waals surface area contributed by atoms with Crippen LogP contribution >= 0.6 is 0 Å². The molecule has 4 heteroatoms. The van der Waals surface area contributed by atoms with Gasteiger partial charge in [-0.2, -0.15) is 0 Å². The Hall–Kier alpha value is -0.610. The smallest absolute Gasteiger partial charge is 0.221 e. The molecule has 1 amide bonds. The maximum Gasteiger partial charge on any atom is 0.221 e. The van der Waals surface area contributed by atoms with Gasteiger partial charge in [-0.05, 0) is 41.5 Å². The molecule has 0 saturated carbocycles. The van der Waals surface area contributed by atoms with E-state index in [1.165, 1.54) is 0 Å². The van der Waals surface area contributed by atoms with Crippen LogP contribution in [0.1, 0.15) is 48.0 Å². The summed E-state index contributed by atoms with van der Waals surface area (Å²) in [6, 6.07) is 0. The molecule has 0 radical (unpaired) electrons. The van der Waals surface area contributed by atoms with Crippen LogP contribution in [0.15, 0.2) is 0 Å². The molecule has 19 heavy (non-hydrogen) atoms. The van der Waals surface area contributed by atoms with Crippen LogP contribution in [0.3, 0.4) is 0 Å². The second-order valence-corrected chi connectivity index (χ2v) is 7.55. The van der Waals surface area contributed by atoms with Gasteiger partial charge in [-0.25, -0.2) is 0 Å². The molecule has 1 rings (SSSR count). The first-order chi connectivity index (χ1) is 8.58. The minimum absolute atomic E-state index is 0.123. The van der Waals surface area contributed by atoms with Crippen molar-refractivity contribution >= 4 is 5.91 Å². The van der Waals surface area contributed by atoms with Crippen molar-refractivity contribution in [3.63, 3.8) is 0 Å². The molecule has 1 aliphatic rings. The summed E-state index contributed by atoms with van der Waals surface area (Å²) in [5, 5.41) is 3.02. The molecule has 0 atom stereocenters. The highest BCUT2D eigenvalue weighted by atomic mass is 16.1. The summed E-state index contributed by atoms with van der Waals surface area (Å²) < 4.78 is 0. The minimum atomic E-state index is -0.123. The van der Waals surface area contributed by atoms with E-state index < -0.39 is 0 Å². The van der Waals surface area contributed by atoms with E-state index >= 15 is 0 Å². The van der Waals surface area contributed by atoms with Crippen LogP contribution in [0.5, 0.6) is 0 Å². The molecule has 1 saturated heterocycles. The van der Waals surface area contributed by atoms with Crippen molar-refractivity contribution in [2.45, 2.75) is 59.0 Å². The molecule has 0 unspecified atom stereocenters. The predicted octanol–water partition coefficient (Wildman–Crippen LogP) is 1.71. The normalized spacial score (nSPS) is 19.5. The third kappa shape index (κ3) is 6.39. The fourth-order valence-electron chi connectivity index (χ4n) is 2.38. The lowest BCUT2D eigenvalue weighted by molar-refractivity contribution is -0.123. The zero-order valence-corrected chi connectivity index (χ0v) is 13.5. The van der Waals surface area contributed by atoms with Crippen molar-refractivity contribution in [3.8, 4) is 0 Å². The number of hydrogen-bond donors (Lipinski definition) is 1. The van der Waals surface area contributed by atoms with Gasteiger partial charge < -0.3 is 10.2 Å². The topological polar surface area (TPSA) is 35.6 Å². The molecule has 1 heterocycles. The first kappa shape index (κ1) is 16.4. The van der Waals surface area contributed by atoms with Gasteiger partial charge in [0.25, 0.3) is 0 Å². The van der Waals surface area contributed by atoms with Gasteiger partial charge in [0.1, 0.15) is 0 Å². The zero-order chi connectivity index (χ0) is 14.7. The molecule has 1 aliphatic heterocycles. The predicted molar refractivity (Wildman–Crippen MR) is 80.3 cm³/mol. The van der Waals surface area contributed by atoms with Crippen LogP contribution in [-0.4, -0.2) is 59.5 Å². The summed E-state index contributed by atoms with van der Waals surface area (Å²) in [6.07, 6.45) is 0.604. The molecule has 0 aromatic heterocycles. The first-order valence-corrected chi connectivity index (χ1v) is 7.36. The molecule has 0 bridgehead atoms. The summed E-state index contributed by atoms with van der Waals surface area (Å²) >= 11 is 0. The highest BCUT2D eigenvalue weighted by molar-refractivity contribution is 5.76. The van der Waals surface area contributed by atoms with Gasteiger partial charge in [0, 0.05) is 50.2 Å². The van der Waals surface area contributed by atoms with Gasteiger partial charge in [0.15, 0.2) is 0 Å². The molecule has 4 nitrogen and oxygen atoms in total. The average molecular weight is 269 g/mol. The molecular formula is C15H31N3O. The molecular weight excluding hydrogens is 238 g/mol. The molecule has 0 aromatic carbocycles. The van der Waals surface area contributed by atoms with Gasteiger partial charge in [0.05, 0.1) is 0 Å². The second-order valence-electron chi connectivity index (χ2n) is 7.55. The largest absolute Gasteiger partial charge is 0.351 e. The Morgan fingerprint density at radius 3 is 1.95 bits per heavy atom. The molecule has 112 valence electrons. The summed E-state index contributed by atoms with van der Waals surface area (Å²) in [6.45, 7) is 18.1. The fourth-order valence-corrected chi connectivity index (χ4v) is 2.38. The minimum Gasteiger partial charge on any atom is -0.351 e. The van der Waals surface area contributed by atoms with Gasteiger partial charge in [-0.1, -0.05) is 0 Å². The molecule has 1 N–H and O–H groups in total. The number of rotatable bonds is 3. The van der Waals surface area contributed by atoms with Crippen LogP contribution in [0.4, 0.5) is 0 Å². The van der Waals surface area contributed by atoms with E-state index in [2.05, 4.69) is 35.9 Å². The average Bonchev–Trinajstić information content (AvgIpc) is 2.23. The number of carbonyl (C=O) groups excluding carboxylic acids is 1. The standard InChI is InChI=1S/C15H31N3O/c1-14(2,3)16-13(19)7-8-17-9-11-18(12-10-17)15(4,5)6/h7-12H2,1-6H3,(H,16,19). The van der Waals surface area contributed by atoms with Crippen molar-refractivity contribution in [1.29, 1.82) is 0 Å². The van der Waals surface area contributed by atoms with Crippen molar-refractivity contribution in [3.05, 3.63) is 0 Å². The molecule has 0 spiro atoms. The number of amides is 1. The van der Waals surface area contributed by atoms with E-state index in [0.717, 1.165) is 32.7 Å². The van der Waals surface area contributed by atoms with Crippen LogP contribution in [0.2, 0.25) is 0 Å². The van der Waals surface area contributed by atoms with Gasteiger partial charge in [-0.15, -0.1) is 0 Å². The van der Waals surface area contributed by atoms with Crippen LogP contribution in [0, 0.1) is 0 Å². The van der Waals surface area contributed by atoms with Gasteiger partial charge >= 0.3 is 0 Å². The number of piperazine rings is 1. The third-order valence-corrected chi connectivity index (χ3v) is 3.49. The maximum atomic E-state index is 11.8. The Morgan fingerprint density at radius 2 is 1.53 bits per heavy atom. The molecule has 0 aromatic rings. The lowest BCUT2D eigenvalue weighted by Crippen LogP contribution is -2.53. The Bertz CT molecular complexity index is 293. The molecule has 1 fully saturated rings. The quantitative estimate of drug-likeness (QED) is 0.847. The van der Waals surface area contributed by atoms with E-state index in [4.69, 9.17) is 0 Å². The lowest BCUT2D eigenvalue weighted by atomic mass is 10.0. The van der Waals surface area contributed by atoms with E-state index in [0.29, 0.717) is 6.42 Å². The summed E-state index contributed by atoms with van der Waals surface area (Å²) in [5.41, 5.74) is 0.137. The summed E-state index contributed by atoms with van der Waals surface area (Å²) in [4.78, 5) is 16.7. The Kier molecular flexibility index (Phi) is 5.39. The monoisotopic (exact) mass is 269 g/mol. The fraction of sp³-hybridized carbons (Fsp3) is 0.933. The van der Waals surface area contributed by atoms with E-state index in [1.54, 1.807) is 0 Å². The van der Waals surface area contributed by atoms with Crippen molar-refractivity contribution in [1.82, 2.24) is 15.1 Å². The van der Waals surface area contributed by atoms with Crippen LogP contribution in [0.25, 0.3) is 0 Å². The summed E-state index contributed by atoms with van der Waals surface area (Å²) in [5.74, 6) is 0.158. The lowest BCUT2D eigenvalue weighted by Gasteiger charge is -2.42. The van der Waals surface area contributed by atoms with Crippen LogP contribution in [-0.2, 0) is 4.79 Å². The third-order valence-electron chi connectivity index (χ3n) is 3.49. The van der Waals surface area contributed by atoms with Crippen molar-refractivity contribution in [2.75, 3.05) is 32.7 Å². The SMILES string of the molecule is CC(C)(C)NC(=O)CCN1CCN(C(C)(C)C)CC1. The first-order valence-electron chi connectivity index (χ1n) is 7.36. The highest BCUT2D eigenvalue weighted by Crippen LogP contribution is 2.15. The van der Waals surface area contributed by atoms with E-state index in [1.807, 2.05) is 20.8 Å². The number of nitrogens with one attached hydrogen (secondary N) is 1. The maximum absolute atomic E-state index is 11.8. The van der Waals surface area contributed by atoms with Crippen molar-refractivity contribution < 1.29 is 4.79 Å². The number of carbonyl (C=O) groups is 1. The van der Waals surface area contributed by atoms with E-state index in [-0.39, 0.29) is 17.0 Å². The number of hydrogen-bond acceptors (Lipinski definition) is 3. The zero-order valence-electron chi connectivity index (χ0n) is 13.5. The van der Waals surface area contributed by atoms with Crippen LogP contribution < -0.4 is 5.32 Å². The Balaban J connectivity index is 2.25. The van der Waals surface area contributed by atoms with Gasteiger partial charge in [-0.3, -0.25) is 9.69 Å².